The van der Waals surface area contributed by atoms with Gasteiger partial charge >= 0.3 is 6.18 Å². The van der Waals surface area contributed by atoms with Crippen LogP contribution < -0.4 is 5.43 Å². The first kappa shape index (κ1) is 17.6. The molecule has 0 amide bonds. The molecule has 0 spiro atoms. The number of nitrogens with one attached hydrogen (secondary N) is 1. The lowest BCUT2D eigenvalue weighted by molar-refractivity contribution is -0.137. The standard InChI is InChI=1S/C17H11BrF3N3S/c18-14-7-1-11(2-8-14)9-23-24-16-22-10-15(25-16)12-3-5-13(6-4-12)17(19,20)21/h1-10H,(H,22,24)/b23-9+. The van der Waals surface area contributed by atoms with Gasteiger partial charge in [0.05, 0.1) is 16.7 Å². The largest absolute Gasteiger partial charge is 0.416 e. The van der Waals surface area contributed by atoms with Gasteiger partial charge in [-0.3, -0.25) is 5.43 Å². The van der Waals surface area contributed by atoms with Crippen LogP contribution in [0.2, 0.25) is 0 Å². The highest BCUT2D eigenvalue weighted by Gasteiger charge is 2.30. The highest BCUT2D eigenvalue weighted by molar-refractivity contribution is 9.10. The summed E-state index contributed by atoms with van der Waals surface area (Å²) in [4.78, 5) is 4.93. The smallest absolute Gasteiger partial charge is 0.253 e. The SMILES string of the molecule is FC(F)(F)c1ccc(-c2cnc(N/N=C/c3ccc(Br)cc3)s2)cc1. The number of nitrogens with zero attached hydrogens (tertiary/aromatic N) is 2. The Labute approximate surface area is 154 Å². The van der Waals surface area contributed by atoms with E-state index >= 15 is 0 Å². The predicted octanol–water partition coefficient (Wildman–Crippen LogP) is 6.04. The van der Waals surface area contributed by atoms with Crippen molar-refractivity contribution >= 4 is 38.6 Å². The number of alkyl halides is 3. The first-order valence-electron chi connectivity index (χ1n) is 7.10. The molecule has 3 aromatic rings. The molecule has 3 rings (SSSR count). The number of anilines is 1. The van der Waals surface area contributed by atoms with Gasteiger partial charge in [0.25, 0.3) is 0 Å². The Morgan fingerprint density at radius 1 is 1.04 bits per heavy atom. The van der Waals surface area contributed by atoms with Crippen molar-refractivity contribution < 1.29 is 13.2 Å². The van der Waals surface area contributed by atoms with Gasteiger partial charge < -0.3 is 0 Å². The normalized spacial score (nSPS) is 11.8. The van der Waals surface area contributed by atoms with Crippen LogP contribution in [0, 0.1) is 0 Å². The Balaban J connectivity index is 1.67. The van der Waals surface area contributed by atoms with Crippen LogP contribution >= 0.6 is 27.3 Å². The van der Waals surface area contributed by atoms with Gasteiger partial charge in [0.15, 0.2) is 0 Å². The number of thiazole rings is 1. The summed E-state index contributed by atoms with van der Waals surface area (Å²) < 4.78 is 38.8. The van der Waals surface area contributed by atoms with Gasteiger partial charge in [0.2, 0.25) is 5.13 Å². The van der Waals surface area contributed by atoms with E-state index in [4.69, 9.17) is 0 Å². The summed E-state index contributed by atoms with van der Waals surface area (Å²) in [6.45, 7) is 0. The van der Waals surface area contributed by atoms with E-state index < -0.39 is 11.7 Å². The van der Waals surface area contributed by atoms with E-state index in [0.717, 1.165) is 27.0 Å². The van der Waals surface area contributed by atoms with Crippen molar-refractivity contribution in [1.82, 2.24) is 4.98 Å². The zero-order chi connectivity index (χ0) is 17.9. The molecule has 0 saturated carbocycles. The van der Waals surface area contributed by atoms with Crippen molar-refractivity contribution in [3.63, 3.8) is 0 Å². The fraction of sp³-hybridized carbons (Fsp3) is 0.0588. The second kappa shape index (κ2) is 7.37. The molecular weight excluding hydrogens is 415 g/mol. The highest BCUT2D eigenvalue weighted by atomic mass is 79.9. The van der Waals surface area contributed by atoms with Crippen molar-refractivity contribution in [2.45, 2.75) is 6.18 Å². The summed E-state index contributed by atoms with van der Waals surface area (Å²) in [6, 6.07) is 12.6. The molecule has 8 heteroatoms. The number of hydrogen-bond acceptors (Lipinski definition) is 4. The molecule has 0 atom stereocenters. The minimum Gasteiger partial charge on any atom is -0.253 e. The third-order valence-electron chi connectivity index (χ3n) is 3.25. The van der Waals surface area contributed by atoms with Crippen LogP contribution in [0.3, 0.4) is 0 Å². The Bertz CT molecular complexity index is 871. The topological polar surface area (TPSA) is 37.3 Å². The number of benzene rings is 2. The Hall–Kier alpha value is -2.19. The molecule has 0 aliphatic rings. The molecule has 1 aromatic heterocycles. The first-order valence-corrected chi connectivity index (χ1v) is 8.71. The summed E-state index contributed by atoms with van der Waals surface area (Å²) in [6.07, 6.45) is -1.07. The van der Waals surface area contributed by atoms with Crippen LogP contribution in [0.1, 0.15) is 11.1 Å². The van der Waals surface area contributed by atoms with Crippen molar-refractivity contribution in [3.8, 4) is 10.4 Å². The van der Waals surface area contributed by atoms with Crippen LogP contribution in [0.25, 0.3) is 10.4 Å². The molecule has 1 heterocycles. The lowest BCUT2D eigenvalue weighted by atomic mass is 10.1. The summed E-state index contributed by atoms with van der Waals surface area (Å²) >= 11 is 4.67. The van der Waals surface area contributed by atoms with Crippen molar-refractivity contribution in [2.75, 3.05) is 5.43 Å². The van der Waals surface area contributed by atoms with Crippen molar-refractivity contribution in [1.29, 1.82) is 0 Å². The molecule has 0 aliphatic heterocycles. The second-order valence-electron chi connectivity index (χ2n) is 5.03. The lowest BCUT2D eigenvalue weighted by Gasteiger charge is -2.06. The van der Waals surface area contributed by atoms with E-state index in [0.29, 0.717) is 10.7 Å². The van der Waals surface area contributed by atoms with Crippen LogP contribution in [0.15, 0.2) is 64.3 Å². The first-order chi connectivity index (χ1) is 11.9. The number of rotatable bonds is 4. The molecule has 1 N–H and O–H groups in total. The molecule has 0 bridgehead atoms. The summed E-state index contributed by atoms with van der Waals surface area (Å²) in [5.41, 5.74) is 3.75. The maximum absolute atomic E-state index is 12.6. The number of hydrazone groups is 1. The van der Waals surface area contributed by atoms with Crippen molar-refractivity contribution in [2.24, 2.45) is 5.10 Å². The number of aromatic nitrogens is 1. The Morgan fingerprint density at radius 2 is 1.72 bits per heavy atom. The molecular formula is C17H11BrF3N3S. The predicted molar refractivity (Wildman–Crippen MR) is 97.9 cm³/mol. The second-order valence-corrected chi connectivity index (χ2v) is 6.97. The molecule has 3 nitrogen and oxygen atoms in total. The van der Waals surface area contributed by atoms with Crippen LogP contribution in [-0.2, 0) is 6.18 Å². The molecule has 2 aromatic carbocycles. The maximum atomic E-state index is 12.6. The summed E-state index contributed by atoms with van der Waals surface area (Å²) in [5.74, 6) is 0. The highest BCUT2D eigenvalue weighted by Crippen LogP contribution is 2.33. The minimum absolute atomic E-state index is 0.559. The maximum Gasteiger partial charge on any atom is 0.416 e. The van der Waals surface area contributed by atoms with Gasteiger partial charge in [0, 0.05) is 10.7 Å². The van der Waals surface area contributed by atoms with Crippen LogP contribution in [0.5, 0.6) is 0 Å². The van der Waals surface area contributed by atoms with Gasteiger partial charge in [-0.05, 0) is 35.4 Å². The van der Waals surface area contributed by atoms with Gasteiger partial charge in [-0.2, -0.15) is 18.3 Å². The van der Waals surface area contributed by atoms with E-state index in [2.05, 4.69) is 31.4 Å². The van der Waals surface area contributed by atoms with Gasteiger partial charge in [-0.15, -0.1) is 0 Å². The zero-order valence-corrected chi connectivity index (χ0v) is 15.0. The van der Waals surface area contributed by atoms with E-state index in [9.17, 15) is 13.2 Å². The third kappa shape index (κ3) is 4.67. The molecule has 128 valence electrons. The van der Waals surface area contributed by atoms with Crippen LogP contribution in [-0.4, -0.2) is 11.2 Å². The average Bonchev–Trinajstić information content (AvgIpc) is 3.05. The minimum atomic E-state index is -4.33. The molecule has 0 aliphatic carbocycles. The van der Waals surface area contributed by atoms with E-state index in [-0.39, 0.29) is 0 Å². The molecule has 25 heavy (non-hydrogen) atoms. The van der Waals surface area contributed by atoms with Gasteiger partial charge in [-0.25, -0.2) is 4.98 Å². The molecule has 0 saturated heterocycles. The van der Waals surface area contributed by atoms with Crippen LogP contribution in [0.4, 0.5) is 18.3 Å². The van der Waals surface area contributed by atoms with E-state index in [1.807, 2.05) is 24.3 Å². The summed E-state index contributed by atoms with van der Waals surface area (Å²) in [5, 5.41) is 4.66. The quantitative estimate of drug-likeness (QED) is 0.408. The van der Waals surface area contributed by atoms with Gasteiger partial charge in [0.1, 0.15) is 0 Å². The van der Waals surface area contributed by atoms with E-state index in [1.165, 1.54) is 23.5 Å². The lowest BCUT2D eigenvalue weighted by Crippen LogP contribution is -2.03. The molecule has 0 fully saturated rings. The Kier molecular flexibility index (Phi) is 5.19. The summed E-state index contributed by atoms with van der Waals surface area (Å²) in [7, 11) is 0. The Morgan fingerprint density at radius 3 is 2.36 bits per heavy atom. The number of halogens is 4. The fourth-order valence-electron chi connectivity index (χ4n) is 1.99. The van der Waals surface area contributed by atoms with E-state index in [1.54, 1.807) is 12.4 Å². The zero-order valence-electron chi connectivity index (χ0n) is 12.6. The molecule has 0 radical (unpaired) electrons. The third-order valence-corrected chi connectivity index (χ3v) is 4.73. The van der Waals surface area contributed by atoms with Crippen molar-refractivity contribution in [3.05, 3.63) is 70.3 Å². The number of hydrogen-bond donors (Lipinski definition) is 1. The molecule has 0 unspecified atom stereocenters. The average molecular weight is 426 g/mol. The fourth-order valence-corrected chi connectivity index (χ4v) is 3.03. The van der Waals surface area contributed by atoms with Gasteiger partial charge in [-0.1, -0.05) is 51.5 Å². The monoisotopic (exact) mass is 425 g/mol.